The van der Waals surface area contributed by atoms with Crippen molar-refractivity contribution in [2.45, 2.75) is 25.4 Å². The number of nitrogens with one attached hydrogen (secondary N) is 1. The van der Waals surface area contributed by atoms with Crippen molar-refractivity contribution >= 4 is 5.82 Å². The SMILES string of the molecule is FC(F)(F)c1ccc(-n2nc(-c3ccco3)c3c2NCCCC3)cc1. The predicted molar refractivity (Wildman–Crippen MR) is 87.7 cm³/mol. The highest BCUT2D eigenvalue weighted by Crippen LogP contribution is 2.35. The topological polar surface area (TPSA) is 43.0 Å². The fraction of sp³-hybridized carbons (Fsp3) is 0.278. The molecule has 0 spiro atoms. The number of aromatic nitrogens is 2. The van der Waals surface area contributed by atoms with E-state index in [1.807, 2.05) is 6.07 Å². The van der Waals surface area contributed by atoms with Crippen LogP contribution in [0.5, 0.6) is 0 Å². The van der Waals surface area contributed by atoms with Gasteiger partial charge in [-0.15, -0.1) is 0 Å². The van der Waals surface area contributed by atoms with E-state index in [0.717, 1.165) is 55.0 Å². The minimum absolute atomic E-state index is 0.580. The molecule has 0 fully saturated rings. The van der Waals surface area contributed by atoms with E-state index >= 15 is 0 Å². The number of halogens is 3. The number of fused-ring (bicyclic) bond motifs is 1. The van der Waals surface area contributed by atoms with Crippen molar-refractivity contribution in [1.82, 2.24) is 9.78 Å². The molecule has 1 aliphatic heterocycles. The molecule has 2 aromatic heterocycles. The first kappa shape index (κ1) is 15.8. The van der Waals surface area contributed by atoms with Crippen molar-refractivity contribution in [2.24, 2.45) is 0 Å². The average molecular weight is 347 g/mol. The van der Waals surface area contributed by atoms with Gasteiger partial charge in [-0.3, -0.25) is 0 Å². The first-order valence-electron chi connectivity index (χ1n) is 8.11. The zero-order chi connectivity index (χ0) is 17.4. The van der Waals surface area contributed by atoms with Crippen molar-refractivity contribution in [3.8, 4) is 17.1 Å². The van der Waals surface area contributed by atoms with Gasteiger partial charge in [0.05, 0.1) is 17.5 Å². The lowest BCUT2D eigenvalue weighted by atomic mass is 10.1. The van der Waals surface area contributed by atoms with Gasteiger partial charge in [0.2, 0.25) is 0 Å². The van der Waals surface area contributed by atoms with Crippen LogP contribution in [-0.2, 0) is 12.6 Å². The van der Waals surface area contributed by atoms with Crippen LogP contribution in [0.2, 0.25) is 0 Å². The van der Waals surface area contributed by atoms with Gasteiger partial charge in [0, 0.05) is 12.1 Å². The predicted octanol–water partition coefficient (Wildman–Crippen LogP) is 4.90. The standard InChI is InChI=1S/C18H16F3N3O/c19-18(20,21)12-6-8-13(9-7-12)24-17-14(4-1-2-10-22-17)16(23-24)15-5-3-11-25-15/h3,5-9,11,22H,1-2,4,10H2. The van der Waals surface area contributed by atoms with Crippen LogP contribution < -0.4 is 5.32 Å². The molecule has 25 heavy (non-hydrogen) atoms. The van der Waals surface area contributed by atoms with Crippen LogP contribution in [0.1, 0.15) is 24.0 Å². The van der Waals surface area contributed by atoms with Gasteiger partial charge in [-0.2, -0.15) is 18.3 Å². The molecule has 0 saturated carbocycles. The fourth-order valence-electron chi connectivity index (χ4n) is 3.09. The number of furan rings is 1. The molecule has 0 radical (unpaired) electrons. The summed E-state index contributed by atoms with van der Waals surface area (Å²) in [6.07, 6.45) is 0.130. The Morgan fingerprint density at radius 1 is 1.08 bits per heavy atom. The number of benzene rings is 1. The molecule has 7 heteroatoms. The number of rotatable bonds is 2. The zero-order valence-corrected chi connectivity index (χ0v) is 13.3. The highest BCUT2D eigenvalue weighted by Gasteiger charge is 2.30. The van der Waals surface area contributed by atoms with Crippen molar-refractivity contribution in [3.05, 3.63) is 53.8 Å². The van der Waals surface area contributed by atoms with E-state index in [4.69, 9.17) is 4.42 Å². The summed E-state index contributed by atoms with van der Waals surface area (Å²) < 4.78 is 45.5. The molecule has 0 saturated heterocycles. The summed E-state index contributed by atoms with van der Waals surface area (Å²) in [5, 5.41) is 7.97. The number of nitrogens with zero attached hydrogens (tertiary/aromatic N) is 2. The van der Waals surface area contributed by atoms with E-state index in [1.165, 1.54) is 12.1 Å². The summed E-state index contributed by atoms with van der Waals surface area (Å²) in [5.41, 5.74) is 1.67. The maximum atomic E-state index is 12.8. The van der Waals surface area contributed by atoms with Crippen molar-refractivity contribution in [3.63, 3.8) is 0 Å². The van der Waals surface area contributed by atoms with Crippen LogP contribution in [0.15, 0.2) is 47.1 Å². The van der Waals surface area contributed by atoms with Crippen molar-refractivity contribution in [1.29, 1.82) is 0 Å². The molecule has 0 bridgehead atoms. The Morgan fingerprint density at radius 3 is 2.56 bits per heavy atom. The first-order chi connectivity index (χ1) is 12.0. The maximum Gasteiger partial charge on any atom is 0.416 e. The second-order valence-electron chi connectivity index (χ2n) is 5.99. The molecule has 0 aliphatic carbocycles. The molecule has 1 aliphatic rings. The molecule has 3 heterocycles. The summed E-state index contributed by atoms with van der Waals surface area (Å²) in [6.45, 7) is 0.803. The molecule has 0 atom stereocenters. The molecule has 130 valence electrons. The Hall–Kier alpha value is -2.70. The number of hydrogen-bond acceptors (Lipinski definition) is 3. The van der Waals surface area contributed by atoms with Gasteiger partial charge in [-0.25, -0.2) is 4.68 Å². The monoisotopic (exact) mass is 347 g/mol. The molecular formula is C18H16F3N3O. The highest BCUT2D eigenvalue weighted by atomic mass is 19.4. The summed E-state index contributed by atoms with van der Waals surface area (Å²) in [7, 11) is 0. The lowest BCUT2D eigenvalue weighted by molar-refractivity contribution is -0.137. The lowest BCUT2D eigenvalue weighted by Gasteiger charge is -2.11. The Balaban J connectivity index is 1.82. The van der Waals surface area contributed by atoms with Gasteiger partial charge in [0.1, 0.15) is 11.5 Å². The van der Waals surface area contributed by atoms with Crippen LogP contribution in [-0.4, -0.2) is 16.3 Å². The second-order valence-corrected chi connectivity index (χ2v) is 5.99. The maximum absolute atomic E-state index is 12.8. The molecule has 1 aromatic carbocycles. The molecular weight excluding hydrogens is 331 g/mol. The molecule has 4 nitrogen and oxygen atoms in total. The summed E-state index contributed by atoms with van der Waals surface area (Å²) in [5.74, 6) is 1.48. The summed E-state index contributed by atoms with van der Waals surface area (Å²) >= 11 is 0. The second kappa shape index (κ2) is 5.98. The number of alkyl halides is 3. The van der Waals surface area contributed by atoms with Crippen LogP contribution in [0.4, 0.5) is 19.0 Å². The molecule has 0 unspecified atom stereocenters. The Morgan fingerprint density at radius 2 is 1.88 bits per heavy atom. The fourth-order valence-corrected chi connectivity index (χ4v) is 3.09. The van der Waals surface area contributed by atoms with E-state index in [-0.39, 0.29) is 0 Å². The molecule has 3 aromatic rings. The molecule has 4 rings (SSSR count). The number of hydrogen-bond donors (Lipinski definition) is 1. The van der Waals surface area contributed by atoms with Crippen molar-refractivity contribution in [2.75, 3.05) is 11.9 Å². The van der Waals surface area contributed by atoms with Gasteiger partial charge in [-0.05, 0) is 55.7 Å². The van der Waals surface area contributed by atoms with E-state index in [9.17, 15) is 13.2 Å². The molecule has 0 amide bonds. The Labute approximate surface area is 142 Å². The Kier molecular flexibility index (Phi) is 3.78. The van der Waals surface area contributed by atoms with E-state index in [1.54, 1.807) is 17.0 Å². The van der Waals surface area contributed by atoms with Gasteiger partial charge in [0.15, 0.2) is 5.76 Å². The first-order valence-corrected chi connectivity index (χ1v) is 8.11. The van der Waals surface area contributed by atoms with Crippen LogP contribution >= 0.6 is 0 Å². The minimum Gasteiger partial charge on any atom is -0.463 e. The normalized spacial score (nSPS) is 14.7. The van der Waals surface area contributed by atoms with Gasteiger partial charge in [0.25, 0.3) is 0 Å². The Bertz CT molecular complexity index is 864. The third kappa shape index (κ3) is 2.90. The molecule has 1 N–H and O–H groups in total. The van der Waals surface area contributed by atoms with E-state index < -0.39 is 11.7 Å². The smallest absolute Gasteiger partial charge is 0.416 e. The highest BCUT2D eigenvalue weighted by molar-refractivity contribution is 5.68. The third-order valence-corrected chi connectivity index (χ3v) is 4.32. The summed E-state index contributed by atoms with van der Waals surface area (Å²) in [4.78, 5) is 0. The van der Waals surface area contributed by atoms with Crippen LogP contribution in [0.25, 0.3) is 17.1 Å². The third-order valence-electron chi connectivity index (χ3n) is 4.32. The lowest BCUT2D eigenvalue weighted by Crippen LogP contribution is -2.08. The largest absolute Gasteiger partial charge is 0.463 e. The van der Waals surface area contributed by atoms with Gasteiger partial charge < -0.3 is 9.73 Å². The number of anilines is 1. The van der Waals surface area contributed by atoms with Gasteiger partial charge >= 0.3 is 6.18 Å². The van der Waals surface area contributed by atoms with Gasteiger partial charge in [-0.1, -0.05) is 0 Å². The van der Waals surface area contributed by atoms with E-state index in [2.05, 4.69) is 10.4 Å². The zero-order valence-electron chi connectivity index (χ0n) is 13.3. The minimum atomic E-state index is -4.35. The summed E-state index contributed by atoms with van der Waals surface area (Å²) in [6, 6.07) is 8.66. The van der Waals surface area contributed by atoms with Crippen LogP contribution in [0, 0.1) is 0 Å². The van der Waals surface area contributed by atoms with Crippen LogP contribution in [0.3, 0.4) is 0 Å². The van der Waals surface area contributed by atoms with Crippen molar-refractivity contribution < 1.29 is 17.6 Å². The van der Waals surface area contributed by atoms with E-state index in [0.29, 0.717) is 11.4 Å². The average Bonchev–Trinajstić information content (AvgIpc) is 3.16. The quantitative estimate of drug-likeness (QED) is 0.717.